The molecule has 7 nitrogen and oxygen atoms in total. The van der Waals surface area contributed by atoms with Gasteiger partial charge in [0.05, 0.1) is 30.0 Å². The van der Waals surface area contributed by atoms with Gasteiger partial charge in [0.25, 0.3) is 5.89 Å². The van der Waals surface area contributed by atoms with Crippen molar-refractivity contribution in [2.75, 3.05) is 26.7 Å². The van der Waals surface area contributed by atoms with Crippen molar-refractivity contribution in [2.45, 2.75) is 32.4 Å². The number of aromatic nitrogens is 4. The van der Waals surface area contributed by atoms with Gasteiger partial charge in [-0.25, -0.2) is 0 Å². The molecular weight excluding hydrogens is 376 g/mol. The normalized spacial score (nSPS) is 17.4. The highest BCUT2D eigenvalue weighted by Crippen LogP contribution is 2.26. The van der Waals surface area contributed by atoms with Crippen molar-refractivity contribution in [1.82, 2.24) is 30.1 Å². The number of likely N-dealkylation sites (N-methyl/N-ethyl adjacent to an activating group) is 1. The summed E-state index contributed by atoms with van der Waals surface area (Å²) in [5.41, 5.74) is 3.32. The molecule has 1 fully saturated rings. The summed E-state index contributed by atoms with van der Waals surface area (Å²) < 4.78 is 7.68. The van der Waals surface area contributed by atoms with E-state index in [2.05, 4.69) is 58.7 Å². The van der Waals surface area contributed by atoms with E-state index in [0.717, 1.165) is 56.1 Å². The predicted molar refractivity (Wildman–Crippen MR) is 111 cm³/mol. The summed E-state index contributed by atoms with van der Waals surface area (Å²) >= 11 is 0. The van der Waals surface area contributed by atoms with E-state index in [1.165, 1.54) is 5.56 Å². The topological polar surface area (TPSA) is 72.0 Å². The SMILES string of the molecule is CCCc1c(-c2nc(C3CNCCN3C)no2)cnn1Cc1ccccc1.Cl. The summed E-state index contributed by atoms with van der Waals surface area (Å²) in [6.45, 7) is 5.72. The molecule has 1 N–H and O–H groups in total. The van der Waals surface area contributed by atoms with Gasteiger partial charge in [-0.05, 0) is 19.0 Å². The molecule has 0 bridgehead atoms. The van der Waals surface area contributed by atoms with Gasteiger partial charge in [0, 0.05) is 19.6 Å². The Hall–Kier alpha value is -2.22. The van der Waals surface area contributed by atoms with Crippen LogP contribution in [-0.2, 0) is 13.0 Å². The van der Waals surface area contributed by atoms with Crippen LogP contribution < -0.4 is 5.32 Å². The second kappa shape index (κ2) is 9.32. The molecule has 0 saturated carbocycles. The Balaban J connectivity index is 0.00000225. The minimum atomic E-state index is 0. The average molecular weight is 403 g/mol. The lowest BCUT2D eigenvalue weighted by atomic mass is 10.1. The van der Waals surface area contributed by atoms with Crippen LogP contribution in [0.25, 0.3) is 11.5 Å². The molecule has 1 atom stereocenters. The summed E-state index contributed by atoms with van der Waals surface area (Å²) in [5, 5.41) is 12.3. The maximum atomic E-state index is 5.63. The molecule has 150 valence electrons. The molecule has 28 heavy (non-hydrogen) atoms. The Morgan fingerprint density at radius 3 is 2.82 bits per heavy atom. The molecule has 1 aliphatic rings. The van der Waals surface area contributed by atoms with Crippen LogP contribution in [0.4, 0.5) is 0 Å². The molecule has 8 heteroatoms. The first kappa shape index (κ1) is 20.5. The monoisotopic (exact) mass is 402 g/mol. The molecule has 1 aliphatic heterocycles. The number of nitrogens with zero attached hydrogens (tertiary/aromatic N) is 5. The van der Waals surface area contributed by atoms with E-state index < -0.39 is 0 Å². The number of rotatable bonds is 6. The van der Waals surface area contributed by atoms with Crippen LogP contribution in [-0.4, -0.2) is 51.5 Å². The lowest BCUT2D eigenvalue weighted by molar-refractivity contribution is 0.190. The Morgan fingerprint density at radius 2 is 2.07 bits per heavy atom. The van der Waals surface area contributed by atoms with Crippen molar-refractivity contribution in [3.8, 4) is 11.5 Å². The molecular formula is C20H27ClN6O. The first-order valence-corrected chi connectivity index (χ1v) is 9.59. The fraction of sp³-hybridized carbons (Fsp3) is 0.450. The van der Waals surface area contributed by atoms with Crippen LogP contribution in [0.2, 0.25) is 0 Å². The maximum absolute atomic E-state index is 5.63. The van der Waals surface area contributed by atoms with Gasteiger partial charge in [-0.1, -0.05) is 48.8 Å². The van der Waals surface area contributed by atoms with E-state index in [0.29, 0.717) is 5.89 Å². The minimum absolute atomic E-state index is 0. The Labute approximate surface area is 171 Å². The van der Waals surface area contributed by atoms with Crippen LogP contribution in [0, 0.1) is 0 Å². The van der Waals surface area contributed by atoms with Gasteiger partial charge >= 0.3 is 0 Å². The Kier molecular flexibility index (Phi) is 6.83. The van der Waals surface area contributed by atoms with Crippen molar-refractivity contribution in [1.29, 1.82) is 0 Å². The van der Waals surface area contributed by atoms with E-state index in [-0.39, 0.29) is 18.4 Å². The van der Waals surface area contributed by atoms with Crippen LogP contribution in [0.1, 0.15) is 36.5 Å². The molecule has 1 aromatic carbocycles. The highest BCUT2D eigenvalue weighted by Gasteiger charge is 2.26. The number of halogens is 1. The maximum Gasteiger partial charge on any atom is 0.261 e. The number of nitrogens with one attached hydrogen (secondary N) is 1. The Bertz CT molecular complexity index is 878. The van der Waals surface area contributed by atoms with Gasteiger partial charge in [-0.2, -0.15) is 10.1 Å². The van der Waals surface area contributed by atoms with Crippen molar-refractivity contribution in [3.63, 3.8) is 0 Å². The minimum Gasteiger partial charge on any atom is -0.334 e. The first-order valence-electron chi connectivity index (χ1n) is 9.59. The zero-order valence-electron chi connectivity index (χ0n) is 16.3. The van der Waals surface area contributed by atoms with Crippen molar-refractivity contribution >= 4 is 12.4 Å². The Morgan fingerprint density at radius 1 is 1.25 bits per heavy atom. The summed E-state index contributed by atoms with van der Waals surface area (Å²) in [5.74, 6) is 1.30. The quantitative estimate of drug-likeness (QED) is 0.683. The van der Waals surface area contributed by atoms with E-state index in [1.807, 2.05) is 16.9 Å². The van der Waals surface area contributed by atoms with Gasteiger partial charge in [-0.15, -0.1) is 12.4 Å². The summed E-state index contributed by atoms with van der Waals surface area (Å²) in [6.07, 6.45) is 3.81. The smallest absolute Gasteiger partial charge is 0.261 e. The molecule has 1 saturated heterocycles. The van der Waals surface area contributed by atoms with Crippen molar-refractivity contribution < 1.29 is 4.52 Å². The third kappa shape index (κ3) is 4.27. The second-order valence-electron chi connectivity index (χ2n) is 7.06. The lowest BCUT2D eigenvalue weighted by Gasteiger charge is -2.30. The van der Waals surface area contributed by atoms with Crippen molar-refractivity contribution in [3.05, 3.63) is 53.6 Å². The van der Waals surface area contributed by atoms with Gasteiger partial charge in [0.15, 0.2) is 5.82 Å². The third-order valence-corrected chi connectivity index (χ3v) is 5.09. The number of benzene rings is 1. The largest absolute Gasteiger partial charge is 0.334 e. The molecule has 4 rings (SSSR count). The fourth-order valence-electron chi connectivity index (χ4n) is 3.56. The molecule has 0 radical (unpaired) electrons. The van der Waals surface area contributed by atoms with Crippen LogP contribution in [0.5, 0.6) is 0 Å². The van der Waals surface area contributed by atoms with Crippen LogP contribution in [0.3, 0.4) is 0 Å². The van der Waals surface area contributed by atoms with E-state index in [4.69, 9.17) is 9.51 Å². The number of hydrogen-bond donors (Lipinski definition) is 1. The standard InChI is InChI=1S/C20H26N6O.ClH/c1-3-7-17-16(12-22-26(17)14-15-8-5-4-6-9-15)20-23-19(24-27-20)18-13-21-10-11-25(18)2;/h4-6,8-9,12,18,21H,3,7,10-11,13-14H2,1-2H3;1H. The number of piperazine rings is 1. The van der Waals surface area contributed by atoms with Gasteiger partial charge in [-0.3, -0.25) is 9.58 Å². The zero-order valence-corrected chi connectivity index (χ0v) is 17.2. The van der Waals surface area contributed by atoms with Gasteiger partial charge in [0.1, 0.15) is 0 Å². The van der Waals surface area contributed by atoms with Crippen molar-refractivity contribution in [2.24, 2.45) is 0 Å². The lowest BCUT2D eigenvalue weighted by Crippen LogP contribution is -2.44. The first-order chi connectivity index (χ1) is 13.3. The van der Waals surface area contributed by atoms with Crippen LogP contribution >= 0.6 is 12.4 Å². The molecule has 0 amide bonds. The van der Waals surface area contributed by atoms with Crippen LogP contribution in [0.15, 0.2) is 41.1 Å². The molecule has 0 aliphatic carbocycles. The molecule has 3 aromatic rings. The zero-order chi connectivity index (χ0) is 18.6. The third-order valence-electron chi connectivity index (χ3n) is 5.09. The van der Waals surface area contributed by atoms with E-state index >= 15 is 0 Å². The number of hydrogen-bond acceptors (Lipinski definition) is 6. The summed E-state index contributed by atoms with van der Waals surface area (Å²) in [6, 6.07) is 10.5. The van der Waals surface area contributed by atoms with E-state index in [1.54, 1.807) is 0 Å². The van der Waals surface area contributed by atoms with E-state index in [9.17, 15) is 0 Å². The molecule has 1 unspecified atom stereocenters. The highest BCUT2D eigenvalue weighted by atomic mass is 35.5. The molecule has 3 heterocycles. The second-order valence-corrected chi connectivity index (χ2v) is 7.06. The molecule has 0 spiro atoms. The molecule has 2 aromatic heterocycles. The highest BCUT2D eigenvalue weighted by molar-refractivity contribution is 5.85. The van der Waals surface area contributed by atoms with Gasteiger partial charge in [0.2, 0.25) is 0 Å². The average Bonchev–Trinajstić information content (AvgIpc) is 3.31. The predicted octanol–water partition coefficient (Wildman–Crippen LogP) is 2.93. The van der Waals surface area contributed by atoms with Gasteiger partial charge < -0.3 is 9.84 Å². The summed E-state index contributed by atoms with van der Waals surface area (Å²) in [7, 11) is 2.10. The summed E-state index contributed by atoms with van der Waals surface area (Å²) in [4.78, 5) is 6.97. The fourth-order valence-corrected chi connectivity index (χ4v) is 3.56.